The standard InChI is InChI=1S/C11H11NO2/c1-3-8-4-9(6-12)11(7(2)13)10(14)5-8/h4-5,14H,3H2,1-2H3. The van der Waals surface area contributed by atoms with E-state index in [-0.39, 0.29) is 22.7 Å². The summed E-state index contributed by atoms with van der Waals surface area (Å²) in [5, 5.41) is 18.3. The van der Waals surface area contributed by atoms with Crippen molar-refractivity contribution in [2.24, 2.45) is 0 Å². The first-order chi connectivity index (χ1) is 6.60. The Labute approximate surface area is 82.6 Å². The lowest BCUT2D eigenvalue weighted by molar-refractivity contribution is 0.101. The highest BCUT2D eigenvalue weighted by Crippen LogP contribution is 2.23. The molecule has 3 nitrogen and oxygen atoms in total. The minimum absolute atomic E-state index is 0.103. The minimum Gasteiger partial charge on any atom is -0.507 e. The van der Waals surface area contributed by atoms with Gasteiger partial charge in [-0.25, -0.2) is 0 Å². The van der Waals surface area contributed by atoms with Gasteiger partial charge in [0.25, 0.3) is 0 Å². The van der Waals surface area contributed by atoms with Crippen LogP contribution in [0.4, 0.5) is 0 Å². The van der Waals surface area contributed by atoms with E-state index >= 15 is 0 Å². The molecule has 0 aromatic heterocycles. The van der Waals surface area contributed by atoms with Crippen molar-refractivity contribution in [3.05, 3.63) is 28.8 Å². The number of phenolic OH excluding ortho intramolecular Hbond substituents is 1. The first kappa shape index (κ1) is 10.3. The number of carbonyl (C=O) groups is 1. The molecule has 0 radical (unpaired) electrons. The molecule has 0 aliphatic rings. The summed E-state index contributed by atoms with van der Waals surface area (Å²) in [4.78, 5) is 11.1. The van der Waals surface area contributed by atoms with Gasteiger partial charge in [0.2, 0.25) is 0 Å². The number of aromatic hydroxyl groups is 1. The molecule has 1 aromatic rings. The highest BCUT2D eigenvalue weighted by molar-refractivity contribution is 5.99. The Morgan fingerprint density at radius 1 is 1.57 bits per heavy atom. The molecule has 1 aromatic carbocycles. The van der Waals surface area contributed by atoms with E-state index in [4.69, 9.17) is 5.26 Å². The van der Waals surface area contributed by atoms with E-state index in [1.54, 1.807) is 6.07 Å². The first-order valence-corrected chi connectivity index (χ1v) is 4.37. The second kappa shape index (κ2) is 3.93. The smallest absolute Gasteiger partial charge is 0.164 e. The molecule has 0 fully saturated rings. The van der Waals surface area contributed by atoms with E-state index in [1.807, 2.05) is 13.0 Å². The molecular formula is C11H11NO2. The van der Waals surface area contributed by atoms with Crippen LogP contribution >= 0.6 is 0 Å². The molecule has 0 saturated heterocycles. The van der Waals surface area contributed by atoms with Crippen LogP contribution < -0.4 is 0 Å². The van der Waals surface area contributed by atoms with Crippen LogP contribution in [0.15, 0.2) is 12.1 Å². The molecular weight excluding hydrogens is 178 g/mol. The Morgan fingerprint density at radius 3 is 2.64 bits per heavy atom. The predicted octanol–water partition coefficient (Wildman–Crippen LogP) is 2.03. The van der Waals surface area contributed by atoms with Crippen LogP contribution in [0.3, 0.4) is 0 Å². The Hall–Kier alpha value is -1.82. The third-order valence-corrected chi connectivity index (χ3v) is 2.06. The van der Waals surface area contributed by atoms with Crippen molar-refractivity contribution in [1.82, 2.24) is 0 Å². The summed E-state index contributed by atoms with van der Waals surface area (Å²) in [6.45, 7) is 3.25. The van der Waals surface area contributed by atoms with Crippen molar-refractivity contribution in [3.63, 3.8) is 0 Å². The van der Waals surface area contributed by atoms with Crippen molar-refractivity contribution >= 4 is 5.78 Å². The molecule has 0 unspecified atom stereocenters. The van der Waals surface area contributed by atoms with Crippen LogP contribution in [0.25, 0.3) is 0 Å². The van der Waals surface area contributed by atoms with Gasteiger partial charge in [-0.15, -0.1) is 0 Å². The van der Waals surface area contributed by atoms with Gasteiger partial charge in [-0.1, -0.05) is 6.92 Å². The van der Waals surface area contributed by atoms with Crippen molar-refractivity contribution in [1.29, 1.82) is 5.26 Å². The normalized spacial score (nSPS) is 9.50. The number of benzene rings is 1. The molecule has 0 aliphatic carbocycles. The summed E-state index contributed by atoms with van der Waals surface area (Å²) >= 11 is 0. The quantitative estimate of drug-likeness (QED) is 0.724. The van der Waals surface area contributed by atoms with Gasteiger partial charge in [0, 0.05) is 0 Å². The van der Waals surface area contributed by atoms with E-state index in [0.717, 1.165) is 12.0 Å². The molecule has 0 amide bonds. The van der Waals surface area contributed by atoms with Gasteiger partial charge < -0.3 is 5.11 Å². The Bertz CT molecular complexity index is 416. The monoisotopic (exact) mass is 189 g/mol. The van der Waals surface area contributed by atoms with Gasteiger partial charge in [0.05, 0.1) is 11.1 Å². The molecule has 3 heteroatoms. The van der Waals surface area contributed by atoms with Crippen LogP contribution in [0.5, 0.6) is 5.75 Å². The average Bonchev–Trinajstić information content (AvgIpc) is 2.15. The van der Waals surface area contributed by atoms with Crippen molar-refractivity contribution in [2.75, 3.05) is 0 Å². The van der Waals surface area contributed by atoms with Gasteiger partial charge in [-0.3, -0.25) is 4.79 Å². The predicted molar refractivity (Wildman–Crippen MR) is 52.2 cm³/mol. The maximum absolute atomic E-state index is 11.1. The Balaban J connectivity index is 3.44. The molecule has 0 atom stereocenters. The summed E-state index contributed by atoms with van der Waals surface area (Å²) < 4.78 is 0. The Morgan fingerprint density at radius 2 is 2.21 bits per heavy atom. The van der Waals surface area contributed by atoms with E-state index in [1.165, 1.54) is 13.0 Å². The van der Waals surface area contributed by atoms with Gasteiger partial charge in [-0.05, 0) is 31.0 Å². The number of phenols is 1. The lowest BCUT2D eigenvalue weighted by Gasteiger charge is -2.05. The highest BCUT2D eigenvalue weighted by atomic mass is 16.3. The minimum atomic E-state index is -0.290. The number of nitriles is 1. The van der Waals surface area contributed by atoms with E-state index in [2.05, 4.69) is 0 Å². The number of ketones is 1. The fourth-order valence-electron chi connectivity index (χ4n) is 1.35. The number of rotatable bonds is 2. The molecule has 0 aliphatic heterocycles. The van der Waals surface area contributed by atoms with E-state index in [0.29, 0.717) is 0 Å². The molecule has 14 heavy (non-hydrogen) atoms. The lowest BCUT2D eigenvalue weighted by Crippen LogP contribution is -1.99. The second-order valence-electron chi connectivity index (χ2n) is 3.06. The molecule has 0 saturated carbocycles. The van der Waals surface area contributed by atoms with Gasteiger partial charge in [0.1, 0.15) is 11.8 Å². The summed E-state index contributed by atoms with van der Waals surface area (Å²) in [5.41, 5.74) is 1.21. The Kier molecular flexibility index (Phi) is 2.88. The first-order valence-electron chi connectivity index (χ1n) is 4.37. The van der Waals surface area contributed by atoms with Crippen molar-refractivity contribution < 1.29 is 9.90 Å². The van der Waals surface area contributed by atoms with Crippen molar-refractivity contribution in [2.45, 2.75) is 20.3 Å². The maximum atomic E-state index is 11.1. The third kappa shape index (κ3) is 1.74. The summed E-state index contributed by atoms with van der Waals surface area (Å²) in [6, 6.07) is 5.07. The molecule has 1 rings (SSSR count). The van der Waals surface area contributed by atoms with Crippen LogP contribution in [-0.2, 0) is 6.42 Å². The average molecular weight is 189 g/mol. The van der Waals surface area contributed by atoms with Gasteiger partial charge >= 0.3 is 0 Å². The number of hydrogen-bond acceptors (Lipinski definition) is 3. The molecule has 0 spiro atoms. The zero-order chi connectivity index (χ0) is 10.7. The molecule has 0 heterocycles. The van der Waals surface area contributed by atoms with Crippen LogP contribution in [0.2, 0.25) is 0 Å². The number of nitrogens with zero attached hydrogens (tertiary/aromatic N) is 1. The molecule has 72 valence electrons. The zero-order valence-corrected chi connectivity index (χ0v) is 8.16. The lowest BCUT2D eigenvalue weighted by atomic mass is 10.00. The number of hydrogen-bond donors (Lipinski definition) is 1. The third-order valence-electron chi connectivity index (χ3n) is 2.06. The van der Waals surface area contributed by atoms with Gasteiger partial charge in [-0.2, -0.15) is 5.26 Å². The van der Waals surface area contributed by atoms with Crippen molar-refractivity contribution in [3.8, 4) is 11.8 Å². The van der Waals surface area contributed by atoms with Gasteiger partial charge in [0.15, 0.2) is 5.78 Å². The largest absolute Gasteiger partial charge is 0.507 e. The second-order valence-corrected chi connectivity index (χ2v) is 3.06. The summed E-state index contributed by atoms with van der Waals surface area (Å²) in [6.07, 6.45) is 0.723. The number of Topliss-reactive ketones (excluding diaryl/α,β-unsaturated/α-hetero) is 1. The maximum Gasteiger partial charge on any atom is 0.164 e. The van der Waals surface area contributed by atoms with Crippen LogP contribution in [0.1, 0.15) is 35.3 Å². The fourth-order valence-corrected chi connectivity index (χ4v) is 1.35. The summed E-state index contributed by atoms with van der Waals surface area (Å²) in [5.74, 6) is -0.393. The number of aryl methyl sites for hydroxylation is 1. The fraction of sp³-hybridized carbons (Fsp3) is 0.273. The zero-order valence-electron chi connectivity index (χ0n) is 8.16. The van der Waals surface area contributed by atoms with E-state index < -0.39 is 0 Å². The van der Waals surface area contributed by atoms with Crippen LogP contribution in [0, 0.1) is 11.3 Å². The van der Waals surface area contributed by atoms with E-state index in [9.17, 15) is 9.90 Å². The number of carbonyl (C=O) groups excluding carboxylic acids is 1. The van der Waals surface area contributed by atoms with Crippen LogP contribution in [-0.4, -0.2) is 10.9 Å². The SMILES string of the molecule is CCc1cc(O)c(C(C)=O)c(C#N)c1. The topological polar surface area (TPSA) is 61.1 Å². The summed E-state index contributed by atoms with van der Waals surface area (Å²) in [7, 11) is 0. The molecule has 1 N–H and O–H groups in total. The highest BCUT2D eigenvalue weighted by Gasteiger charge is 2.13. The molecule has 0 bridgehead atoms.